The van der Waals surface area contributed by atoms with Crippen molar-refractivity contribution in [2.45, 2.75) is 18.3 Å². The molecule has 0 aliphatic carbocycles. The van der Waals surface area contributed by atoms with E-state index in [1.165, 1.54) is 0 Å². The molecule has 3 N–H and O–H groups in total. The number of nitrogens with one attached hydrogen (secondary N) is 2. The van der Waals surface area contributed by atoms with Crippen LogP contribution in [0.5, 0.6) is 0 Å². The van der Waals surface area contributed by atoms with E-state index in [0.29, 0.717) is 6.54 Å². The van der Waals surface area contributed by atoms with Crippen LogP contribution in [0.15, 0.2) is 30.3 Å². The molecular weight excluding hydrogens is 228 g/mol. The van der Waals surface area contributed by atoms with Gasteiger partial charge in [-0.3, -0.25) is 4.79 Å². The van der Waals surface area contributed by atoms with Crippen molar-refractivity contribution in [2.24, 2.45) is 0 Å². The molecule has 0 atom stereocenters. The number of carbonyl (C=O) groups is 1. The Hall–Kier alpha value is -1.39. The summed E-state index contributed by atoms with van der Waals surface area (Å²) in [5.74, 6) is 0.0317. The highest BCUT2D eigenvalue weighted by atomic mass is 16.3. The molecule has 0 radical (unpaired) electrons. The number of amides is 1. The quantitative estimate of drug-likeness (QED) is 0.723. The zero-order valence-electron chi connectivity index (χ0n) is 10.5. The largest absolute Gasteiger partial charge is 0.395 e. The van der Waals surface area contributed by atoms with Gasteiger partial charge < -0.3 is 15.7 Å². The predicted molar refractivity (Wildman–Crippen MR) is 70.3 cm³/mol. The zero-order valence-corrected chi connectivity index (χ0v) is 10.5. The third kappa shape index (κ3) is 2.54. The predicted octanol–water partition coefficient (Wildman–Crippen LogP) is 0.416. The monoisotopic (exact) mass is 248 g/mol. The highest BCUT2D eigenvalue weighted by molar-refractivity contribution is 5.88. The summed E-state index contributed by atoms with van der Waals surface area (Å²) in [6.45, 7) is 2.00. The molecule has 0 spiro atoms. The Bertz CT molecular complexity index is 386. The summed E-state index contributed by atoms with van der Waals surface area (Å²) in [6.07, 6.45) is 1.60. The van der Waals surface area contributed by atoms with E-state index in [-0.39, 0.29) is 12.5 Å². The first-order valence-electron chi connectivity index (χ1n) is 6.45. The normalized spacial score (nSPS) is 18.3. The number of carbonyl (C=O) groups excluding carboxylic acids is 1. The summed E-state index contributed by atoms with van der Waals surface area (Å²) in [6, 6.07) is 9.94. The average Bonchev–Trinajstić information content (AvgIpc) is 2.46. The van der Waals surface area contributed by atoms with E-state index in [2.05, 4.69) is 10.6 Å². The van der Waals surface area contributed by atoms with Gasteiger partial charge in [0.2, 0.25) is 5.91 Å². The SMILES string of the molecule is O=C(NCCO)C1(c2ccccc2)CCNCC1. The molecule has 0 saturated carbocycles. The molecule has 18 heavy (non-hydrogen) atoms. The van der Waals surface area contributed by atoms with Crippen molar-refractivity contribution >= 4 is 5.91 Å². The van der Waals surface area contributed by atoms with Crippen molar-refractivity contribution < 1.29 is 9.90 Å². The van der Waals surface area contributed by atoms with Gasteiger partial charge in [0.25, 0.3) is 0 Å². The standard InChI is InChI=1S/C14H20N2O2/c17-11-10-16-13(18)14(6-8-15-9-7-14)12-4-2-1-3-5-12/h1-5,15,17H,6-11H2,(H,16,18). The summed E-state index contributed by atoms with van der Waals surface area (Å²) in [5, 5.41) is 15.0. The summed E-state index contributed by atoms with van der Waals surface area (Å²) in [4.78, 5) is 12.4. The van der Waals surface area contributed by atoms with Crippen LogP contribution in [0, 0.1) is 0 Å². The van der Waals surface area contributed by atoms with Crippen LogP contribution in [0.2, 0.25) is 0 Å². The molecule has 0 bridgehead atoms. The zero-order chi connectivity index (χ0) is 12.8. The maximum absolute atomic E-state index is 12.4. The Morgan fingerprint density at radius 2 is 1.94 bits per heavy atom. The summed E-state index contributed by atoms with van der Waals surface area (Å²) < 4.78 is 0. The van der Waals surface area contributed by atoms with Crippen LogP contribution < -0.4 is 10.6 Å². The maximum Gasteiger partial charge on any atom is 0.230 e. The molecule has 1 saturated heterocycles. The number of hydrogen-bond donors (Lipinski definition) is 3. The van der Waals surface area contributed by atoms with Gasteiger partial charge in [-0.15, -0.1) is 0 Å². The lowest BCUT2D eigenvalue weighted by atomic mass is 9.72. The molecule has 1 aliphatic heterocycles. The van der Waals surface area contributed by atoms with Crippen molar-refractivity contribution in [3.8, 4) is 0 Å². The molecule has 1 aliphatic rings. The van der Waals surface area contributed by atoms with Gasteiger partial charge >= 0.3 is 0 Å². The van der Waals surface area contributed by atoms with Crippen molar-refractivity contribution in [3.05, 3.63) is 35.9 Å². The minimum absolute atomic E-state index is 0.0190. The van der Waals surface area contributed by atoms with Crippen LogP contribution in [-0.4, -0.2) is 37.3 Å². The highest BCUT2D eigenvalue weighted by Crippen LogP contribution is 2.33. The molecule has 0 aromatic heterocycles. The fourth-order valence-electron chi connectivity index (χ4n) is 2.60. The second-order valence-corrected chi connectivity index (χ2v) is 4.68. The summed E-state index contributed by atoms with van der Waals surface area (Å²) in [5.41, 5.74) is 0.628. The molecular formula is C14H20N2O2. The first kappa shape index (κ1) is 13.1. The van der Waals surface area contributed by atoms with Crippen molar-refractivity contribution in [1.29, 1.82) is 0 Å². The summed E-state index contributed by atoms with van der Waals surface area (Å²) in [7, 11) is 0. The Labute approximate surface area is 107 Å². The number of aliphatic hydroxyl groups excluding tert-OH is 1. The van der Waals surface area contributed by atoms with E-state index in [0.717, 1.165) is 31.5 Å². The van der Waals surface area contributed by atoms with E-state index in [9.17, 15) is 4.79 Å². The Morgan fingerprint density at radius 3 is 2.56 bits per heavy atom. The first-order valence-corrected chi connectivity index (χ1v) is 6.45. The van der Waals surface area contributed by atoms with Gasteiger partial charge in [0.05, 0.1) is 12.0 Å². The molecule has 1 amide bonds. The number of rotatable bonds is 4. The van der Waals surface area contributed by atoms with Crippen LogP contribution in [0.1, 0.15) is 18.4 Å². The molecule has 98 valence electrons. The van der Waals surface area contributed by atoms with E-state index >= 15 is 0 Å². The highest BCUT2D eigenvalue weighted by Gasteiger charge is 2.40. The molecule has 1 aromatic carbocycles. The number of piperidine rings is 1. The van der Waals surface area contributed by atoms with Gasteiger partial charge in [0, 0.05) is 6.54 Å². The molecule has 1 fully saturated rings. The Balaban J connectivity index is 2.25. The van der Waals surface area contributed by atoms with Crippen LogP contribution in [0.4, 0.5) is 0 Å². The molecule has 4 heteroatoms. The molecule has 1 heterocycles. The topological polar surface area (TPSA) is 61.4 Å². The minimum atomic E-state index is -0.443. The van der Waals surface area contributed by atoms with E-state index in [1.54, 1.807) is 0 Å². The van der Waals surface area contributed by atoms with Gasteiger partial charge in [0.15, 0.2) is 0 Å². The second kappa shape index (κ2) is 5.98. The first-order chi connectivity index (χ1) is 8.79. The lowest BCUT2D eigenvalue weighted by Gasteiger charge is -2.36. The molecule has 2 rings (SSSR count). The van der Waals surface area contributed by atoms with Crippen molar-refractivity contribution in [1.82, 2.24) is 10.6 Å². The number of benzene rings is 1. The van der Waals surface area contributed by atoms with Crippen molar-refractivity contribution in [2.75, 3.05) is 26.2 Å². The lowest BCUT2D eigenvalue weighted by molar-refractivity contribution is -0.128. The van der Waals surface area contributed by atoms with Crippen molar-refractivity contribution in [3.63, 3.8) is 0 Å². The Kier molecular flexibility index (Phi) is 4.33. The fraction of sp³-hybridized carbons (Fsp3) is 0.500. The maximum atomic E-state index is 12.4. The van der Waals surface area contributed by atoms with Crippen LogP contribution in [0.3, 0.4) is 0 Å². The lowest BCUT2D eigenvalue weighted by Crippen LogP contribution is -2.51. The minimum Gasteiger partial charge on any atom is -0.395 e. The fourth-order valence-corrected chi connectivity index (χ4v) is 2.60. The third-order valence-corrected chi connectivity index (χ3v) is 3.62. The molecule has 1 aromatic rings. The van der Waals surface area contributed by atoms with Crippen LogP contribution >= 0.6 is 0 Å². The van der Waals surface area contributed by atoms with Gasteiger partial charge in [-0.25, -0.2) is 0 Å². The van der Waals surface area contributed by atoms with Gasteiger partial charge in [-0.1, -0.05) is 30.3 Å². The summed E-state index contributed by atoms with van der Waals surface area (Å²) >= 11 is 0. The smallest absolute Gasteiger partial charge is 0.230 e. The third-order valence-electron chi connectivity index (χ3n) is 3.62. The van der Waals surface area contributed by atoms with Crippen LogP contribution in [0.25, 0.3) is 0 Å². The molecule has 4 nitrogen and oxygen atoms in total. The van der Waals surface area contributed by atoms with Crippen LogP contribution in [-0.2, 0) is 10.2 Å². The van der Waals surface area contributed by atoms with E-state index in [1.807, 2.05) is 30.3 Å². The van der Waals surface area contributed by atoms with Gasteiger partial charge in [0.1, 0.15) is 0 Å². The molecule has 0 unspecified atom stereocenters. The Morgan fingerprint density at radius 1 is 1.28 bits per heavy atom. The average molecular weight is 248 g/mol. The number of aliphatic hydroxyl groups is 1. The van der Waals surface area contributed by atoms with E-state index in [4.69, 9.17) is 5.11 Å². The van der Waals surface area contributed by atoms with Gasteiger partial charge in [-0.05, 0) is 31.5 Å². The second-order valence-electron chi connectivity index (χ2n) is 4.68. The van der Waals surface area contributed by atoms with Gasteiger partial charge in [-0.2, -0.15) is 0 Å². The van der Waals surface area contributed by atoms with E-state index < -0.39 is 5.41 Å². The number of hydrogen-bond acceptors (Lipinski definition) is 3.